The predicted molar refractivity (Wildman–Crippen MR) is 111 cm³/mol. The fourth-order valence-electron chi connectivity index (χ4n) is 2.19. The number of carbonyl (C=O) groups is 2. The second-order valence-electron chi connectivity index (χ2n) is 5.59. The lowest BCUT2D eigenvalue weighted by Gasteiger charge is -2.08. The fourth-order valence-corrected chi connectivity index (χ4v) is 4.32. The second kappa shape index (κ2) is 8.78. The summed E-state index contributed by atoms with van der Waals surface area (Å²) in [6, 6.07) is 13.4. The summed E-state index contributed by atoms with van der Waals surface area (Å²) in [5.74, 6) is -1.08. The van der Waals surface area contributed by atoms with E-state index in [-0.39, 0.29) is 11.4 Å². The van der Waals surface area contributed by atoms with E-state index in [9.17, 15) is 18.0 Å². The molecule has 0 aliphatic carbocycles. The number of anilines is 1. The highest BCUT2D eigenvalue weighted by Crippen LogP contribution is 2.25. The summed E-state index contributed by atoms with van der Waals surface area (Å²) in [5, 5.41) is 5.39. The third kappa shape index (κ3) is 5.35. The third-order valence-electron chi connectivity index (χ3n) is 3.53. The fraction of sp³-hybridized carbons (Fsp3) is 0.118. The first kappa shape index (κ1) is 20.4. The number of nitrogens with zero attached hydrogens (tertiary/aromatic N) is 1. The molecule has 2 aromatic carbocycles. The summed E-state index contributed by atoms with van der Waals surface area (Å²) < 4.78 is 28.1. The van der Waals surface area contributed by atoms with Gasteiger partial charge in [-0.25, -0.2) is 18.1 Å². The highest BCUT2D eigenvalue weighted by Gasteiger charge is 2.16. The Morgan fingerprint density at radius 3 is 2.43 bits per heavy atom. The standard InChI is InChI=1S/C17H15BrN4O4S2/c18-11-5-7-12(8-6-11)28(25,26)20-10-15(23)19-9-16(24)22-17-21-13-3-1-2-4-14(13)27-17/h1-8,20H,9-10H2,(H,19,23)(H,21,22,24). The molecule has 0 saturated heterocycles. The van der Waals surface area contributed by atoms with Gasteiger partial charge in [-0.05, 0) is 36.4 Å². The number of para-hydroxylation sites is 1. The van der Waals surface area contributed by atoms with Gasteiger partial charge in [-0.2, -0.15) is 0 Å². The molecule has 3 aromatic rings. The first-order valence-corrected chi connectivity index (χ1v) is 11.1. The van der Waals surface area contributed by atoms with E-state index in [2.05, 4.69) is 36.3 Å². The molecule has 0 fully saturated rings. The first-order chi connectivity index (χ1) is 13.3. The van der Waals surface area contributed by atoms with Crippen LogP contribution in [-0.2, 0) is 19.6 Å². The molecule has 3 rings (SSSR count). The summed E-state index contributed by atoms with van der Waals surface area (Å²) in [6.45, 7) is -0.776. The van der Waals surface area contributed by atoms with E-state index in [0.717, 1.165) is 14.7 Å². The number of hydrogen-bond donors (Lipinski definition) is 3. The molecule has 28 heavy (non-hydrogen) atoms. The number of thiazole rings is 1. The minimum Gasteiger partial charge on any atom is -0.346 e. The zero-order valence-electron chi connectivity index (χ0n) is 14.3. The average molecular weight is 483 g/mol. The minimum atomic E-state index is -3.81. The number of rotatable bonds is 7. The van der Waals surface area contributed by atoms with Crippen molar-refractivity contribution >= 4 is 64.5 Å². The van der Waals surface area contributed by atoms with Crippen LogP contribution in [0, 0.1) is 0 Å². The summed E-state index contributed by atoms with van der Waals surface area (Å²) in [6.07, 6.45) is 0. The van der Waals surface area contributed by atoms with Gasteiger partial charge in [-0.1, -0.05) is 39.4 Å². The van der Waals surface area contributed by atoms with Crippen LogP contribution in [0.3, 0.4) is 0 Å². The molecule has 1 aromatic heterocycles. The van der Waals surface area contributed by atoms with E-state index >= 15 is 0 Å². The highest BCUT2D eigenvalue weighted by atomic mass is 79.9. The first-order valence-electron chi connectivity index (χ1n) is 8.01. The van der Waals surface area contributed by atoms with E-state index in [1.807, 2.05) is 24.3 Å². The molecular formula is C17H15BrN4O4S2. The van der Waals surface area contributed by atoms with Crippen molar-refractivity contribution in [2.45, 2.75) is 4.90 Å². The SMILES string of the molecule is O=C(CNS(=O)(=O)c1ccc(Br)cc1)NCC(=O)Nc1nc2ccccc2s1. The summed E-state index contributed by atoms with van der Waals surface area (Å²) in [4.78, 5) is 28.1. The number of nitrogens with one attached hydrogen (secondary N) is 3. The molecule has 0 radical (unpaired) electrons. The Morgan fingerprint density at radius 2 is 1.71 bits per heavy atom. The molecule has 11 heteroatoms. The smallest absolute Gasteiger partial charge is 0.245 e. The maximum absolute atomic E-state index is 12.1. The van der Waals surface area contributed by atoms with Crippen LogP contribution in [0.15, 0.2) is 57.9 Å². The van der Waals surface area contributed by atoms with Gasteiger partial charge in [0.25, 0.3) is 0 Å². The van der Waals surface area contributed by atoms with Gasteiger partial charge in [0, 0.05) is 4.47 Å². The maximum atomic E-state index is 12.1. The van der Waals surface area contributed by atoms with E-state index in [1.165, 1.54) is 23.5 Å². The van der Waals surface area contributed by atoms with Crippen LogP contribution in [0.1, 0.15) is 0 Å². The van der Waals surface area contributed by atoms with Crippen LogP contribution < -0.4 is 15.4 Å². The van der Waals surface area contributed by atoms with E-state index in [0.29, 0.717) is 5.13 Å². The molecule has 0 spiro atoms. The van der Waals surface area contributed by atoms with Crippen molar-refractivity contribution < 1.29 is 18.0 Å². The van der Waals surface area contributed by atoms with Gasteiger partial charge >= 0.3 is 0 Å². The van der Waals surface area contributed by atoms with Crippen molar-refractivity contribution in [1.82, 2.24) is 15.0 Å². The Labute approximate surface area is 173 Å². The van der Waals surface area contributed by atoms with Gasteiger partial charge in [0.15, 0.2) is 5.13 Å². The van der Waals surface area contributed by atoms with Gasteiger partial charge in [0.2, 0.25) is 21.8 Å². The van der Waals surface area contributed by atoms with Crippen LogP contribution in [0.2, 0.25) is 0 Å². The number of fused-ring (bicyclic) bond motifs is 1. The quantitative estimate of drug-likeness (QED) is 0.476. The van der Waals surface area contributed by atoms with Gasteiger partial charge in [0.1, 0.15) is 0 Å². The predicted octanol–water partition coefficient (Wildman–Crippen LogP) is 2.09. The zero-order valence-corrected chi connectivity index (χ0v) is 17.5. The number of benzene rings is 2. The van der Waals surface area contributed by atoms with Crippen LogP contribution >= 0.6 is 27.3 Å². The van der Waals surface area contributed by atoms with E-state index in [4.69, 9.17) is 0 Å². The number of hydrogen-bond acceptors (Lipinski definition) is 6. The summed E-state index contributed by atoms with van der Waals surface area (Å²) >= 11 is 4.54. The monoisotopic (exact) mass is 482 g/mol. The molecule has 2 amide bonds. The van der Waals surface area contributed by atoms with E-state index in [1.54, 1.807) is 12.1 Å². The molecule has 146 valence electrons. The van der Waals surface area contributed by atoms with Crippen molar-refractivity contribution in [2.75, 3.05) is 18.4 Å². The van der Waals surface area contributed by atoms with Crippen molar-refractivity contribution in [3.8, 4) is 0 Å². The molecule has 0 bridgehead atoms. The van der Waals surface area contributed by atoms with Crippen LogP contribution in [-0.4, -0.2) is 38.3 Å². The molecule has 3 N–H and O–H groups in total. The number of amides is 2. The van der Waals surface area contributed by atoms with Crippen molar-refractivity contribution in [3.05, 3.63) is 53.0 Å². The van der Waals surface area contributed by atoms with Crippen LogP contribution in [0.5, 0.6) is 0 Å². The van der Waals surface area contributed by atoms with Gasteiger partial charge in [-0.15, -0.1) is 0 Å². The largest absolute Gasteiger partial charge is 0.346 e. The van der Waals surface area contributed by atoms with Gasteiger partial charge in [-0.3, -0.25) is 9.59 Å². The van der Waals surface area contributed by atoms with E-state index < -0.39 is 28.4 Å². The minimum absolute atomic E-state index is 0.0390. The molecule has 0 atom stereocenters. The normalized spacial score (nSPS) is 11.3. The maximum Gasteiger partial charge on any atom is 0.245 e. The number of halogens is 1. The van der Waals surface area contributed by atoms with Crippen molar-refractivity contribution in [1.29, 1.82) is 0 Å². The Hall–Kier alpha value is -2.34. The Morgan fingerprint density at radius 1 is 1.00 bits per heavy atom. The van der Waals surface area contributed by atoms with Gasteiger partial charge in [0.05, 0.1) is 28.2 Å². The Balaban J connectivity index is 1.47. The molecule has 1 heterocycles. The zero-order chi connectivity index (χ0) is 20.1. The Bertz CT molecular complexity index is 1080. The average Bonchev–Trinajstić information content (AvgIpc) is 3.07. The molecular weight excluding hydrogens is 468 g/mol. The number of carbonyl (C=O) groups excluding carboxylic acids is 2. The molecule has 8 nitrogen and oxygen atoms in total. The number of aromatic nitrogens is 1. The molecule has 0 unspecified atom stereocenters. The van der Waals surface area contributed by atoms with Gasteiger partial charge < -0.3 is 10.6 Å². The van der Waals surface area contributed by atoms with Crippen molar-refractivity contribution in [2.24, 2.45) is 0 Å². The van der Waals surface area contributed by atoms with Crippen LogP contribution in [0.25, 0.3) is 10.2 Å². The topological polar surface area (TPSA) is 117 Å². The lowest BCUT2D eigenvalue weighted by atomic mass is 10.3. The Kier molecular flexibility index (Phi) is 6.39. The number of sulfonamides is 1. The lowest BCUT2D eigenvalue weighted by molar-refractivity contribution is -0.123. The summed E-state index contributed by atoms with van der Waals surface area (Å²) in [5.41, 5.74) is 0.772. The highest BCUT2D eigenvalue weighted by molar-refractivity contribution is 9.10. The van der Waals surface area contributed by atoms with Crippen molar-refractivity contribution in [3.63, 3.8) is 0 Å². The third-order valence-corrected chi connectivity index (χ3v) is 6.43. The molecule has 0 aliphatic heterocycles. The second-order valence-corrected chi connectivity index (χ2v) is 9.30. The summed E-state index contributed by atoms with van der Waals surface area (Å²) in [7, 11) is -3.81. The lowest BCUT2D eigenvalue weighted by Crippen LogP contribution is -2.40. The van der Waals surface area contributed by atoms with Crippen LogP contribution in [0.4, 0.5) is 5.13 Å². The molecule has 0 saturated carbocycles. The molecule has 0 aliphatic rings.